The first-order valence-electron chi connectivity index (χ1n) is 6.14. The van der Waals surface area contributed by atoms with E-state index in [9.17, 15) is 4.79 Å². The Balaban J connectivity index is 1.84. The predicted octanol–water partition coefficient (Wildman–Crippen LogP) is 2.82. The Morgan fingerprint density at radius 1 is 1.40 bits per heavy atom. The summed E-state index contributed by atoms with van der Waals surface area (Å²) in [5.41, 5.74) is 0.802. The van der Waals surface area contributed by atoms with Crippen LogP contribution in [0.1, 0.15) is 4.88 Å². The molecule has 0 radical (unpaired) electrons. The van der Waals surface area contributed by atoms with Gasteiger partial charge < -0.3 is 10.2 Å². The molecule has 1 heterocycles. The number of halogens is 2. The van der Waals surface area contributed by atoms with Crippen molar-refractivity contribution in [3.05, 3.63) is 50.1 Å². The van der Waals surface area contributed by atoms with Gasteiger partial charge in [-0.2, -0.15) is 0 Å². The monoisotopic (exact) mass is 373 g/mol. The normalized spacial score (nSPS) is 12.2. The van der Waals surface area contributed by atoms with Crippen molar-refractivity contribution in [1.82, 2.24) is 0 Å². The van der Waals surface area contributed by atoms with Gasteiger partial charge in [-0.25, -0.2) is 0 Å². The molecule has 106 valence electrons. The second kappa shape index (κ2) is 7.22. The van der Waals surface area contributed by atoms with Crippen molar-refractivity contribution < 1.29 is 9.69 Å². The molecule has 3 nitrogen and oxygen atoms in total. The Labute approximate surface area is 135 Å². The fourth-order valence-corrected chi connectivity index (χ4v) is 3.45. The van der Waals surface area contributed by atoms with Crippen LogP contribution in [0.5, 0.6) is 0 Å². The first kappa shape index (κ1) is 15.5. The lowest BCUT2D eigenvalue weighted by Gasteiger charge is -2.13. The summed E-state index contributed by atoms with van der Waals surface area (Å²) in [6, 6.07) is 11.5. The minimum absolute atomic E-state index is 0.00301. The molecule has 0 aliphatic rings. The first-order valence-corrected chi connectivity index (χ1v) is 8.12. The maximum absolute atomic E-state index is 12.0. The lowest BCUT2D eigenvalue weighted by Crippen LogP contribution is -3.08. The van der Waals surface area contributed by atoms with Crippen molar-refractivity contribution >= 4 is 50.5 Å². The van der Waals surface area contributed by atoms with Crippen LogP contribution in [0.4, 0.5) is 5.69 Å². The molecule has 1 atom stereocenters. The van der Waals surface area contributed by atoms with Gasteiger partial charge in [-0.1, -0.05) is 33.6 Å². The number of anilines is 1. The zero-order valence-corrected chi connectivity index (χ0v) is 14.1. The number of hydrogen-bond acceptors (Lipinski definition) is 2. The van der Waals surface area contributed by atoms with E-state index >= 15 is 0 Å². The number of carbonyl (C=O) groups excluding carboxylic acids is 1. The molecule has 2 rings (SSSR count). The predicted molar refractivity (Wildman–Crippen MR) is 87.6 cm³/mol. The molecule has 6 heteroatoms. The third kappa shape index (κ3) is 4.90. The van der Waals surface area contributed by atoms with E-state index in [-0.39, 0.29) is 5.91 Å². The summed E-state index contributed by atoms with van der Waals surface area (Å²) in [6.07, 6.45) is 0. The molecule has 1 aromatic carbocycles. The van der Waals surface area contributed by atoms with E-state index in [1.165, 1.54) is 4.88 Å². The van der Waals surface area contributed by atoms with Crippen LogP contribution < -0.4 is 10.2 Å². The number of carbonyl (C=O) groups is 1. The summed E-state index contributed by atoms with van der Waals surface area (Å²) in [5, 5.41) is 2.89. The largest absolute Gasteiger partial charge is 0.325 e. The minimum atomic E-state index is 0.00301. The Morgan fingerprint density at radius 3 is 2.85 bits per heavy atom. The highest BCUT2D eigenvalue weighted by Crippen LogP contribution is 2.20. The second-order valence-corrected chi connectivity index (χ2v) is 7.29. The number of benzene rings is 1. The third-order valence-electron chi connectivity index (χ3n) is 2.68. The molecular formula is C14H15BrClN2OS+. The average Bonchev–Trinajstić information content (AvgIpc) is 2.74. The van der Waals surface area contributed by atoms with E-state index in [1.54, 1.807) is 11.3 Å². The number of nitrogens with one attached hydrogen (secondary N) is 2. The summed E-state index contributed by atoms with van der Waals surface area (Å²) in [6.45, 7) is 1.21. The van der Waals surface area contributed by atoms with Crippen LogP contribution in [0.15, 0.2) is 40.9 Å². The van der Waals surface area contributed by atoms with Crippen LogP contribution in [0.2, 0.25) is 4.34 Å². The van der Waals surface area contributed by atoms with E-state index < -0.39 is 0 Å². The molecule has 20 heavy (non-hydrogen) atoms. The standard InChI is InChI=1S/C14H14BrClN2OS/c1-18(8-12-5-6-13(16)20-12)9-14(19)17-11-4-2-3-10(15)7-11/h2-7H,8-9H2,1H3,(H,17,19)/p+1. The third-order valence-corrected chi connectivity index (χ3v) is 4.40. The van der Waals surface area contributed by atoms with E-state index in [2.05, 4.69) is 21.2 Å². The Kier molecular flexibility index (Phi) is 5.60. The fourth-order valence-electron chi connectivity index (χ4n) is 1.85. The van der Waals surface area contributed by atoms with E-state index in [1.807, 2.05) is 43.4 Å². The molecule has 0 saturated carbocycles. The van der Waals surface area contributed by atoms with Crippen molar-refractivity contribution in [1.29, 1.82) is 0 Å². The van der Waals surface area contributed by atoms with Crippen molar-refractivity contribution in [3.63, 3.8) is 0 Å². The van der Waals surface area contributed by atoms with Crippen molar-refractivity contribution in [2.45, 2.75) is 6.54 Å². The summed E-state index contributed by atoms with van der Waals surface area (Å²) in [7, 11) is 1.99. The molecule has 1 aromatic heterocycles. The summed E-state index contributed by atoms with van der Waals surface area (Å²) in [4.78, 5) is 14.3. The molecule has 2 aromatic rings. The van der Waals surface area contributed by atoms with Crippen LogP contribution in [-0.2, 0) is 11.3 Å². The van der Waals surface area contributed by atoms with Crippen molar-refractivity contribution in [2.24, 2.45) is 0 Å². The average molecular weight is 375 g/mol. The SMILES string of the molecule is C[NH+](CC(=O)Nc1cccc(Br)c1)Cc1ccc(Cl)s1. The van der Waals surface area contributed by atoms with Gasteiger partial charge in [-0.3, -0.25) is 4.79 Å². The highest BCUT2D eigenvalue weighted by Gasteiger charge is 2.12. The summed E-state index contributed by atoms with van der Waals surface area (Å²) in [5.74, 6) is 0.00301. The number of amides is 1. The number of hydrogen-bond donors (Lipinski definition) is 2. The van der Waals surface area contributed by atoms with E-state index in [0.29, 0.717) is 6.54 Å². The summed E-state index contributed by atoms with van der Waals surface area (Å²) >= 11 is 10.8. The number of likely N-dealkylation sites (N-methyl/N-ethyl adjacent to an activating group) is 1. The van der Waals surface area contributed by atoms with Gasteiger partial charge in [0.05, 0.1) is 16.3 Å². The van der Waals surface area contributed by atoms with Crippen LogP contribution >= 0.6 is 38.9 Å². The van der Waals surface area contributed by atoms with Gasteiger partial charge in [-0.05, 0) is 30.3 Å². The maximum Gasteiger partial charge on any atom is 0.279 e. The van der Waals surface area contributed by atoms with Crippen molar-refractivity contribution in [2.75, 3.05) is 18.9 Å². The smallest absolute Gasteiger partial charge is 0.279 e. The number of rotatable bonds is 5. The van der Waals surface area contributed by atoms with Gasteiger partial charge in [0.25, 0.3) is 5.91 Å². The van der Waals surface area contributed by atoms with Crippen LogP contribution in [0.3, 0.4) is 0 Å². The summed E-state index contributed by atoms with van der Waals surface area (Å²) < 4.78 is 1.73. The first-order chi connectivity index (χ1) is 9.52. The molecule has 1 amide bonds. The van der Waals surface area contributed by atoms with E-state index in [0.717, 1.165) is 25.9 Å². The van der Waals surface area contributed by atoms with Crippen LogP contribution in [-0.4, -0.2) is 19.5 Å². The molecule has 0 bridgehead atoms. The zero-order chi connectivity index (χ0) is 14.5. The lowest BCUT2D eigenvalue weighted by molar-refractivity contribution is -0.884. The number of quaternary nitrogens is 1. The molecule has 0 aliphatic heterocycles. The van der Waals surface area contributed by atoms with Gasteiger partial charge in [0.2, 0.25) is 0 Å². The van der Waals surface area contributed by atoms with Gasteiger partial charge in [0.15, 0.2) is 6.54 Å². The fraction of sp³-hybridized carbons (Fsp3) is 0.214. The molecule has 0 fully saturated rings. The highest BCUT2D eigenvalue weighted by molar-refractivity contribution is 9.10. The molecular weight excluding hydrogens is 360 g/mol. The Morgan fingerprint density at radius 2 is 2.20 bits per heavy atom. The van der Waals surface area contributed by atoms with E-state index in [4.69, 9.17) is 11.6 Å². The quantitative estimate of drug-likeness (QED) is 0.829. The maximum atomic E-state index is 12.0. The lowest BCUT2D eigenvalue weighted by atomic mass is 10.3. The number of thiophene rings is 1. The van der Waals surface area contributed by atoms with Crippen molar-refractivity contribution in [3.8, 4) is 0 Å². The van der Waals surface area contributed by atoms with Gasteiger partial charge in [0.1, 0.15) is 6.54 Å². The molecule has 2 N–H and O–H groups in total. The Bertz CT molecular complexity index is 602. The van der Waals surface area contributed by atoms with Gasteiger partial charge in [0, 0.05) is 10.2 Å². The second-order valence-electron chi connectivity index (χ2n) is 4.58. The molecule has 0 saturated heterocycles. The minimum Gasteiger partial charge on any atom is -0.325 e. The Hall–Kier alpha value is -0.880. The topological polar surface area (TPSA) is 33.5 Å². The van der Waals surface area contributed by atoms with Gasteiger partial charge >= 0.3 is 0 Å². The highest BCUT2D eigenvalue weighted by atomic mass is 79.9. The van der Waals surface area contributed by atoms with Crippen LogP contribution in [0, 0.1) is 0 Å². The zero-order valence-electron chi connectivity index (χ0n) is 11.0. The molecule has 0 spiro atoms. The van der Waals surface area contributed by atoms with Gasteiger partial charge in [-0.15, -0.1) is 11.3 Å². The molecule has 0 aliphatic carbocycles. The van der Waals surface area contributed by atoms with Crippen LogP contribution in [0.25, 0.3) is 0 Å². The molecule has 1 unspecified atom stereocenters.